The van der Waals surface area contributed by atoms with Crippen molar-refractivity contribution >= 4 is 23.6 Å². The Morgan fingerprint density at radius 1 is 1.10 bits per heavy atom. The van der Waals surface area contributed by atoms with Crippen LogP contribution in [-0.4, -0.2) is 12.8 Å². The van der Waals surface area contributed by atoms with Gasteiger partial charge in [0.25, 0.3) is 0 Å². The van der Waals surface area contributed by atoms with Gasteiger partial charge in [-0.1, -0.05) is 17.7 Å². The lowest BCUT2D eigenvalue weighted by Crippen LogP contribution is -2.03. The molecule has 3 rings (SSSR count). The van der Waals surface area contributed by atoms with E-state index in [1.165, 1.54) is 6.08 Å². The molecule has 0 bridgehead atoms. The van der Waals surface area contributed by atoms with E-state index in [9.17, 15) is 4.79 Å². The molecule has 106 valence electrons. The molecule has 0 radical (unpaired) electrons. The van der Waals surface area contributed by atoms with E-state index in [1.54, 1.807) is 42.5 Å². The molecule has 0 saturated carbocycles. The van der Waals surface area contributed by atoms with Crippen LogP contribution in [-0.2, 0) is 4.79 Å². The Bertz CT molecular complexity index is 692. The molecule has 0 aromatic heterocycles. The number of carbonyl (C=O) groups excluding carboxylic acids is 1. The van der Waals surface area contributed by atoms with Gasteiger partial charge in [-0.3, -0.25) is 0 Å². The number of esters is 1. The summed E-state index contributed by atoms with van der Waals surface area (Å²) in [5.41, 5.74) is 0.826. The zero-order valence-corrected chi connectivity index (χ0v) is 11.7. The number of ether oxygens (including phenoxy) is 3. The topological polar surface area (TPSA) is 44.8 Å². The van der Waals surface area contributed by atoms with Crippen LogP contribution in [0.25, 0.3) is 6.08 Å². The average Bonchev–Trinajstić information content (AvgIpc) is 2.95. The Balaban J connectivity index is 1.65. The molecule has 0 saturated heterocycles. The summed E-state index contributed by atoms with van der Waals surface area (Å²) in [5, 5.41) is 0.589. The maximum Gasteiger partial charge on any atom is 0.336 e. The van der Waals surface area contributed by atoms with Crippen molar-refractivity contribution in [2.24, 2.45) is 0 Å². The lowest BCUT2D eigenvalue weighted by molar-refractivity contribution is -0.128. The van der Waals surface area contributed by atoms with Gasteiger partial charge in [-0.2, -0.15) is 0 Å². The van der Waals surface area contributed by atoms with Crippen LogP contribution in [0.15, 0.2) is 48.5 Å². The van der Waals surface area contributed by atoms with Crippen molar-refractivity contribution in [3.8, 4) is 17.2 Å². The maximum atomic E-state index is 11.7. The van der Waals surface area contributed by atoms with Crippen molar-refractivity contribution in [1.82, 2.24) is 0 Å². The van der Waals surface area contributed by atoms with E-state index >= 15 is 0 Å². The lowest BCUT2D eigenvalue weighted by atomic mass is 10.2. The van der Waals surface area contributed by atoms with Gasteiger partial charge >= 0.3 is 5.97 Å². The molecule has 2 aromatic rings. The smallest absolute Gasteiger partial charge is 0.336 e. The van der Waals surface area contributed by atoms with E-state index < -0.39 is 5.97 Å². The van der Waals surface area contributed by atoms with Crippen LogP contribution in [0.1, 0.15) is 5.56 Å². The molecule has 0 spiro atoms. The molecule has 0 fully saturated rings. The first-order chi connectivity index (χ1) is 10.2. The number of hydrogen-bond donors (Lipinski definition) is 0. The van der Waals surface area contributed by atoms with E-state index in [1.807, 2.05) is 6.07 Å². The summed E-state index contributed by atoms with van der Waals surface area (Å²) in [6, 6.07) is 12.0. The van der Waals surface area contributed by atoms with Crippen molar-refractivity contribution in [2.75, 3.05) is 6.79 Å². The molecule has 4 nitrogen and oxygen atoms in total. The Morgan fingerprint density at radius 2 is 1.86 bits per heavy atom. The summed E-state index contributed by atoms with van der Waals surface area (Å²) in [7, 11) is 0. The van der Waals surface area contributed by atoms with E-state index in [-0.39, 0.29) is 6.79 Å². The number of hydrogen-bond acceptors (Lipinski definition) is 4. The third-order valence-corrected chi connectivity index (χ3v) is 3.09. The van der Waals surface area contributed by atoms with Crippen molar-refractivity contribution in [1.29, 1.82) is 0 Å². The number of carbonyl (C=O) groups is 1. The van der Waals surface area contributed by atoms with Gasteiger partial charge in [-0.25, -0.2) is 4.79 Å². The minimum atomic E-state index is -0.463. The molecule has 0 amide bonds. The monoisotopic (exact) mass is 302 g/mol. The van der Waals surface area contributed by atoms with Crippen molar-refractivity contribution in [2.45, 2.75) is 0 Å². The highest BCUT2D eigenvalue weighted by atomic mass is 35.5. The molecular formula is C16H11ClO4. The fraction of sp³-hybridized carbons (Fsp3) is 0.0625. The van der Waals surface area contributed by atoms with E-state index in [0.717, 1.165) is 5.56 Å². The molecule has 1 aliphatic rings. The zero-order chi connectivity index (χ0) is 14.7. The van der Waals surface area contributed by atoms with Gasteiger partial charge in [0.1, 0.15) is 5.75 Å². The number of rotatable bonds is 3. The predicted molar refractivity (Wildman–Crippen MR) is 78.7 cm³/mol. The van der Waals surface area contributed by atoms with Gasteiger partial charge in [0, 0.05) is 11.1 Å². The van der Waals surface area contributed by atoms with Crippen LogP contribution in [0.5, 0.6) is 17.2 Å². The molecule has 0 N–H and O–H groups in total. The lowest BCUT2D eigenvalue weighted by Gasteiger charge is -2.01. The number of halogens is 1. The van der Waals surface area contributed by atoms with E-state index in [2.05, 4.69) is 0 Å². The van der Waals surface area contributed by atoms with Crippen molar-refractivity contribution in [3.05, 3.63) is 59.1 Å². The van der Waals surface area contributed by atoms with Gasteiger partial charge in [0.2, 0.25) is 6.79 Å². The molecule has 0 unspecified atom stereocenters. The minimum Gasteiger partial charge on any atom is -0.454 e. The van der Waals surface area contributed by atoms with Gasteiger partial charge in [-0.15, -0.1) is 0 Å². The summed E-state index contributed by atoms with van der Waals surface area (Å²) in [4.78, 5) is 11.7. The van der Waals surface area contributed by atoms with Gasteiger partial charge < -0.3 is 14.2 Å². The van der Waals surface area contributed by atoms with Gasteiger partial charge in [0.15, 0.2) is 11.5 Å². The first-order valence-electron chi connectivity index (χ1n) is 6.26. The van der Waals surface area contributed by atoms with E-state index in [4.69, 9.17) is 25.8 Å². The summed E-state index contributed by atoms with van der Waals surface area (Å²) < 4.78 is 15.6. The standard InChI is InChI=1S/C16H11ClO4/c17-12-3-5-13(6-4-12)21-16(18)8-2-11-1-7-14-15(9-11)20-10-19-14/h1-9H,10H2/b8-2+. The van der Waals surface area contributed by atoms with Crippen molar-refractivity contribution < 1.29 is 19.0 Å². The predicted octanol–water partition coefficient (Wildman–Crippen LogP) is 3.69. The second kappa shape index (κ2) is 5.89. The molecule has 21 heavy (non-hydrogen) atoms. The minimum absolute atomic E-state index is 0.223. The average molecular weight is 303 g/mol. The molecule has 5 heteroatoms. The highest BCUT2D eigenvalue weighted by Crippen LogP contribution is 2.32. The molecule has 0 aliphatic carbocycles. The summed E-state index contributed by atoms with van der Waals surface area (Å²) >= 11 is 5.76. The third kappa shape index (κ3) is 3.35. The maximum absolute atomic E-state index is 11.7. The van der Waals surface area contributed by atoms with E-state index in [0.29, 0.717) is 22.3 Å². The second-order valence-electron chi connectivity index (χ2n) is 4.32. The molecule has 0 atom stereocenters. The summed E-state index contributed by atoms with van der Waals surface area (Å²) in [6.07, 6.45) is 3.01. The van der Waals surface area contributed by atoms with Crippen LogP contribution in [0.4, 0.5) is 0 Å². The molecule has 2 aromatic carbocycles. The quantitative estimate of drug-likeness (QED) is 0.493. The molecule has 1 heterocycles. The fourth-order valence-corrected chi connectivity index (χ4v) is 1.96. The second-order valence-corrected chi connectivity index (χ2v) is 4.76. The summed E-state index contributed by atoms with van der Waals surface area (Å²) in [6.45, 7) is 0.223. The van der Waals surface area contributed by atoms with Crippen LogP contribution in [0, 0.1) is 0 Å². The normalized spacial score (nSPS) is 12.6. The third-order valence-electron chi connectivity index (χ3n) is 2.84. The Kier molecular flexibility index (Phi) is 3.79. The van der Waals surface area contributed by atoms with Gasteiger partial charge in [0.05, 0.1) is 0 Å². The molecular weight excluding hydrogens is 292 g/mol. The van der Waals surface area contributed by atoms with Crippen molar-refractivity contribution in [3.63, 3.8) is 0 Å². The van der Waals surface area contributed by atoms with Crippen LogP contribution >= 0.6 is 11.6 Å². The van der Waals surface area contributed by atoms with Crippen LogP contribution in [0.3, 0.4) is 0 Å². The molecule has 1 aliphatic heterocycles. The Morgan fingerprint density at radius 3 is 2.67 bits per heavy atom. The first-order valence-corrected chi connectivity index (χ1v) is 6.64. The Hall–Kier alpha value is -2.46. The van der Waals surface area contributed by atoms with Gasteiger partial charge in [-0.05, 0) is 48.0 Å². The first kappa shape index (κ1) is 13.5. The Labute approximate surface area is 126 Å². The SMILES string of the molecule is O=C(/C=C/c1ccc2c(c1)OCO2)Oc1ccc(Cl)cc1. The summed E-state index contributed by atoms with van der Waals surface area (Å²) in [5.74, 6) is 1.36. The highest BCUT2D eigenvalue weighted by Gasteiger charge is 2.12. The van der Waals surface area contributed by atoms with Crippen LogP contribution in [0.2, 0.25) is 5.02 Å². The zero-order valence-electron chi connectivity index (χ0n) is 10.9. The number of fused-ring (bicyclic) bond motifs is 1. The highest BCUT2D eigenvalue weighted by molar-refractivity contribution is 6.30. The number of benzene rings is 2. The van der Waals surface area contributed by atoms with Crippen LogP contribution < -0.4 is 14.2 Å². The fourth-order valence-electron chi connectivity index (χ4n) is 1.83. The largest absolute Gasteiger partial charge is 0.454 e.